The monoisotopic (exact) mass is 382 g/mol. The number of aryl methyl sites for hydroxylation is 1. The van der Waals surface area contributed by atoms with Crippen LogP contribution >= 0.6 is 22.9 Å². The quantitative estimate of drug-likeness (QED) is 0.443. The fraction of sp³-hybridized carbons (Fsp3) is 0.100. The van der Waals surface area contributed by atoms with Gasteiger partial charge in [-0.3, -0.25) is 0 Å². The Balaban J connectivity index is 1.60. The first-order chi connectivity index (χ1) is 12.6. The van der Waals surface area contributed by atoms with Crippen molar-refractivity contribution in [2.75, 3.05) is 0 Å². The average Bonchev–Trinajstić information content (AvgIpc) is 3.21. The highest BCUT2D eigenvalue weighted by Gasteiger charge is 2.18. The van der Waals surface area contributed by atoms with E-state index in [1.807, 2.05) is 60.1 Å². The molecule has 0 radical (unpaired) electrons. The number of nitrogens with zero attached hydrogens (tertiary/aromatic N) is 2. The molecule has 0 aliphatic heterocycles. The molecule has 4 nitrogen and oxygen atoms in total. The predicted molar refractivity (Wildman–Crippen MR) is 104 cm³/mol. The third kappa shape index (κ3) is 3.23. The van der Waals surface area contributed by atoms with E-state index in [0.717, 1.165) is 27.2 Å². The van der Waals surface area contributed by atoms with E-state index >= 15 is 0 Å². The van der Waals surface area contributed by atoms with Crippen LogP contribution in [0.1, 0.15) is 20.9 Å². The Morgan fingerprint density at radius 1 is 1.15 bits per heavy atom. The summed E-state index contributed by atoms with van der Waals surface area (Å²) in [4.78, 5) is 14.0. The van der Waals surface area contributed by atoms with Gasteiger partial charge in [0.2, 0.25) is 0 Å². The van der Waals surface area contributed by atoms with Gasteiger partial charge in [0.1, 0.15) is 16.3 Å². The molecular formula is C20H15ClN2O2S. The van der Waals surface area contributed by atoms with Crippen LogP contribution in [0.25, 0.3) is 15.9 Å². The molecule has 0 amide bonds. The van der Waals surface area contributed by atoms with Crippen molar-refractivity contribution in [1.29, 1.82) is 0 Å². The van der Waals surface area contributed by atoms with Gasteiger partial charge in [-0.2, -0.15) is 5.10 Å². The van der Waals surface area contributed by atoms with Gasteiger partial charge < -0.3 is 4.74 Å². The molecule has 2 aromatic carbocycles. The van der Waals surface area contributed by atoms with Gasteiger partial charge >= 0.3 is 5.97 Å². The summed E-state index contributed by atoms with van der Waals surface area (Å²) in [5, 5.41) is 6.17. The van der Waals surface area contributed by atoms with E-state index in [-0.39, 0.29) is 12.6 Å². The number of ether oxygens (including phenoxy) is 1. The standard InChI is InChI=1S/C20H15ClN2O2S/c1-13-17-11-18(20(24)25-12-14-6-5-7-15(21)10-14)26-19(17)23(22-13)16-8-3-2-4-9-16/h2-11H,12H2,1H3. The van der Waals surface area contributed by atoms with Crippen LogP contribution in [0.5, 0.6) is 0 Å². The molecule has 0 spiro atoms. The molecule has 0 fully saturated rings. The molecule has 0 N–H and O–H groups in total. The first kappa shape index (κ1) is 16.8. The number of hydrogen-bond donors (Lipinski definition) is 0. The van der Waals surface area contributed by atoms with Crippen LogP contribution < -0.4 is 0 Å². The van der Waals surface area contributed by atoms with Gasteiger partial charge in [-0.25, -0.2) is 9.48 Å². The van der Waals surface area contributed by atoms with Gasteiger partial charge in [0.05, 0.1) is 11.4 Å². The second kappa shape index (κ2) is 6.94. The number of para-hydroxylation sites is 1. The number of thiophene rings is 1. The zero-order chi connectivity index (χ0) is 18.1. The molecule has 2 heterocycles. The second-order valence-corrected chi connectivity index (χ2v) is 7.34. The zero-order valence-electron chi connectivity index (χ0n) is 14.0. The maximum Gasteiger partial charge on any atom is 0.348 e. The largest absolute Gasteiger partial charge is 0.457 e. The van der Waals surface area contributed by atoms with Gasteiger partial charge in [0, 0.05) is 10.4 Å². The number of hydrogen-bond acceptors (Lipinski definition) is 4. The number of benzene rings is 2. The third-order valence-electron chi connectivity index (χ3n) is 4.01. The minimum atomic E-state index is -0.342. The van der Waals surface area contributed by atoms with Crippen LogP contribution in [-0.2, 0) is 11.3 Å². The van der Waals surface area contributed by atoms with Crippen molar-refractivity contribution in [2.45, 2.75) is 13.5 Å². The Labute approximate surface area is 159 Å². The van der Waals surface area contributed by atoms with Crippen molar-refractivity contribution >= 4 is 39.1 Å². The number of rotatable bonds is 4. The minimum absolute atomic E-state index is 0.192. The summed E-state index contributed by atoms with van der Waals surface area (Å²) in [6.07, 6.45) is 0. The fourth-order valence-electron chi connectivity index (χ4n) is 2.74. The van der Waals surface area contributed by atoms with E-state index in [0.29, 0.717) is 9.90 Å². The molecule has 4 rings (SSSR count). The molecule has 0 bridgehead atoms. The van der Waals surface area contributed by atoms with E-state index in [9.17, 15) is 4.79 Å². The first-order valence-corrected chi connectivity index (χ1v) is 9.27. The third-order valence-corrected chi connectivity index (χ3v) is 5.33. The van der Waals surface area contributed by atoms with Crippen LogP contribution in [0.2, 0.25) is 5.02 Å². The molecule has 0 aliphatic rings. The Morgan fingerprint density at radius 3 is 2.73 bits per heavy atom. The number of halogens is 1. The lowest BCUT2D eigenvalue weighted by Crippen LogP contribution is -2.03. The average molecular weight is 383 g/mol. The highest BCUT2D eigenvalue weighted by Crippen LogP contribution is 2.31. The van der Waals surface area contributed by atoms with Crippen LogP contribution in [-0.4, -0.2) is 15.7 Å². The van der Waals surface area contributed by atoms with Gasteiger partial charge in [-0.05, 0) is 42.8 Å². The van der Waals surface area contributed by atoms with Crippen LogP contribution in [0, 0.1) is 6.92 Å². The highest BCUT2D eigenvalue weighted by atomic mass is 35.5. The molecular weight excluding hydrogens is 368 g/mol. The van der Waals surface area contributed by atoms with Gasteiger partial charge in [0.25, 0.3) is 0 Å². The Morgan fingerprint density at radius 2 is 1.96 bits per heavy atom. The normalized spacial score (nSPS) is 11.0. The van der Waals surface area contributed by atoms with Crippen LogP contribution in [0.3, 0.4) is 0 Å². The lowest BCUT2D eigenvalue weighted by molar-refractivity contribution is 0.0478. The molecule has 0 saturated carbocycles. The molecule has 0 aliphatic carbocycles. The second-order valence-electron chi connectivity index (χ2n) is 5.87. The van der Waals surface area contributed by atoms with Gasteiger partial charge in [-0.15, -0.1) is 11.3 Å². The molecule has 0 atom stereocenters. The summed E-state index contributed by atoms with van der Waals surface area (Å²) in [6.45, 7) is 2.13. The summed E-state index contributed by atoms with van der Waals surface area (Å²) >= 11 is 7.35. The number of fused-ring (bicyclic) bond motifs is 1. The lowest BCUT2D eigenvalue weighted by atomic mass is 10.2. The van der Waals surface area contributed by atoms with Crippen LogP contribution in [0.15, 0.2) is 60.7 Å². The van der Waals surface area contributed by atoms with E-state index < -0.39 is 0 Å². The van der Waals surface area contributed by atoms with E-state index in [2.05, 4.69) is 5.10 Å². The van der Waals surface area contributed by atoms with Crippen molar-refractivity contribution in [3.8, 4) is 5.69 Å². The summed E-state index contributed by atoms with van der Waals surface area (Å²) in [7, 11) is 0. The number of aromatic nitrogens is 2. The molecule has 4 aromatic rings. The Bertz CT molecular complexity index is 1090. The molecule has 130 valence electrons. The van der Waals surface area contributed by atoms with Crippen LogP contribution in [0.4, 0.5) is 0 Å². The van der Waals surface area contributed by atoms with E-state index in [1.165, 1.54) is 11.3 Å². The van der Waals surface area contributed by atoms with Crippen molar-refractivity contribution in [2.24, 2.45) is 0 Å². The Kier molecular flexibility index (Phi) is 4.49. The van der Waals surface area contributed by atoms with Crippen molar-refractivity contribution in [3.05, 3.63) is 81.8 Å². The van der Waals surface area contributed by atoms with Gasteiger partial charge in [0.15, 0.2) is 0 Å². The maximum atomic E-state index is 12.5. The molecule has 2 aromatic heterocycles. The molecule has 0 unspecified atom stereocenters. The number of carbonyl (C=O) groups is 1. The van der Waals surface area contributed by atoms with Gasteiger partial charge in [-0.1, -0.05) is 41.9 Å². The smallest absolute Gasteiger partial charge is 0.348 e. The molecule has 26 heavy (non-hydrogen) atoms. The predicted octanol–water partition coefficient (Wildman–Crippen LogP) is 5.41. The summed E-state index contributed by atoms with van der Waals surface area (Å²) in [6, 6.07) is 19.0. The van der Waals surface area contributed by atoms with Crippen molar-refractivity contribution in [1.82, 2.24) is 9.78 Å². The zero-order valence-corrected chi connectivity index (χ0v) is 15.6. The SMILES string of the molecule is Cc1nn(-c2ccccc2)c2sc(C(=O)OCc3cccc(Cl)c3)cc12. The fourth-order valence-corrected chi connectivity index (χ4v) is 4.03. The summed E-state index contributed by atoms with van der Waals surface area (Å²) < 4.78 is 7.30. The lowest BCUT2D eigenvalue weighted by Gasteiger charge is -2.04. The molecule has 6 heteroatoms. The first-order valence-electron chi connectivity index (χ1n) is 8.08. The topological polar surface area (TPSA) is 44.1 Å². The van der Waals surface area contributed by atoms with Crippen molar-refractivity contribution < 1.29 is 9.53 Å². The summed E-state index contributed by atoms with van der Waals surface area (Å²) in [5.74, 6) is -0.342. The maximum absolute atomic E-state index is 12.5. The number of carbonyl (C=O) groups excluding carboxylic acids is 1. The van der Waals surface area contributed by atoms with E-state index in [1.54, 1.807) is 12.1 Å². The Hall–Kier alpha value is -2.63. The molecule has 0 saturated heterocycles. The minimum Gasteiger partial charge on any atom is -0.457 e. The van der Waals surface area contributed by atoms with Crippen molar-refractivity contribution in [3.63, 3.8) is 0 Å². The summed E-state index contributed by atoms with van der Waals surface area (Å²) in [5.41, 5.74) is 2.71. The van der Waals surface area contributed by atoms with E-state index in [4.69, 9.17) is 16.3 Å². The highest BCUT2D eigenvalue weighted by molar-refractivity contribution is 7.20. The number of esters is 1.